The Balaban J connectivity index is 1.58. The SMILES string of the molecule is CN[S+](=O)(O)Nc1cccc(Cc2c(C)c3ccc(OC(=O)N4CCCC4)cc3oc2=O)c1. The van der Waals surface area contributed by atoms with Crippen molar-refractivity contribution in [1.82, 2.24) is 9.62 Å². The molecule has 1 aliphatic rings. The van der Waals surface area contributed by atoms with E-state index in [1.165, 1.54) is 7.05 Å². The van der Waals surface area contributed by atoms with Crippen LogP contribution >= 0.6 is 0 Å². The van der Waals surface area contributed by atoms with Gasteiger partial charge in [0.2, 0.25) is 0 Å². The second kappa shape index (κ2) is 9.34. The smallest absolute Gasteiger partial charge is 0.415 e. The van der Waals surface area contributed by atoms with Crippen LogP contribution in [-0.2, 0) is 21.2 Å². The number of hydrogen-bond acceptors (Lipinski definition) is 5. The highest BCUT2D eigenvalue weighted by Gasteiger charge is 2.23. The minimum Gasteiger partial charge on any atom is -0.422 e. The van der Waals surface area contributed by atoms with E-state index in [4.69, 9.17) is 9.15 Å². The number of likely N-dealkylation sites (tertiary alicyclic amines) is 1. The van der Waals surface area contributed by atoms with Gasteiger partial charge in [-0.2, -0.15) is 4.72 Å². The Labute approximate surface area is 192 Å². The first-order valence-electron chi connectivity index (χ1n) is 10.6. The fourth-order valence-electron chi connectivity index (χ4n) is 3.87. The van der Waals surface area contributed by atoms with Gasteiger partial charge in [-0.25, -0.2) is 9.59 Å². The zero-order chi connectivity index (χ0) is 23.6. The summed E-state index contributed by atoms with van der Waals surface area (Å²) in [6.07, 6.45) is 1.83. The normalized spacial score (nSPS) is 15.4. The Bertz CT molecular complexity index is 1300. The summed E-state index contributed by atoms with van der Waals surface area (Å²) in [6, 6.07) is 12.0. The van der Waals surface area contributed by atoms with E-state index in [2.05, 4.69) is 9.44 Å². The number of nitrogens with zero attached hydrogens (tertiary/aromatic N) is 1. The number of hydrogen-bond donors (Lipinski definition) is 3. The van der Waals surface area contributed by atoms with E-state index in [9.17, 15) is 18.4 Å². The minimum absolute atomic E-state index is 0.289. The fraction of sp³-hybridized carbons (Fsp3) is 0.304. The van der Waals surface area contributed by atoms with Crippen LogP contribution < -0.4 is 19.8 Å². The number of benzene rings is 2. The Kier molecular flexibility index (Phi) is 6.50. The largest absolute Gasteiger partial charge is 0.422 e. The van der Waals surface area contributed by atoms with E-state index in [-0.39, 0.29) is 6.42 Å². The number of ether oxygens (including phenoxy) is 1. The van der Waals surface area contributed by atoms with Gasteiger partial charge in [0, 0.05) is 43.6 Å². The van der Waals surface area contributed by atoms with Crippen LogP contribution in [0.1, 0.15) is 29.5 Å². The summed E-state index contributed by atoms with van der Waals surface area (Å²) < 4.78 is 37.4. The Hall–Kier alpha value is -3.21. The third kappa shape index (κ3) is 5.24. The molecular formula is C23H26N3O6S+. The maximum atomic E-state index is 12.8. The molecule has 0 radical (unpaired) electrons. The molecule has 1 unspecified atom stereocenters. The topological polar surface area (TPSA) is 121 Å². The van der Waals surface area contributed by atoms with Gasteiger partial charge in [-0.1, -0.05) is 16.9 Å². The van der Waals surface area contributed by atoms with Gasteiger partial charge in [0.1, 0.15) is 11.3 Å². The van der Waals surface area contributed by atoms with Gasteiger partial charge in [-0.05, 0) is 59.4 Å². The van der Waals surface area contributed by atoms with Gasteiger partial charge in [-0.15, -0.1) is 4.55 Å². The lowest BCUT2D eigenvalue weighted by Gasteiger charge is -2.15. The summed E-state index contributed by atoms with van der Waals surface area (Å²) in [5.41, 5.74) is 2.33. The van der Waals surface area contributed by atoms with Crippen LogP contribution in [0.3, 0.4) is 0 Å². The number of carbonyl (C=O) groups excluding carboxylic acids is 1. The number of aryl methyl sites for hydroxylation is 1. The lowest BCUT2D eigenvalue weighted by molar-refractivity contribution is 0.163. The van der Waals surface area contributed by atoms with Crippen LogP contribution in [0, 0.1) is 6.92 Å². The molecule has 0 saturated carbocycles. The standard InChI is InChI=1S/C23H25N3O6S/c1-15-19-9-8-18(31-23(28)26-10-3-4-11-26)14-21(19)32-22(27)20(15)13-16-6-5-7-17(12-16)25-33(29,30)24-2/h5-9,12,14H,3-4,10-11,13H2,1-2H3,(H2-,24,25,29,30)/p+1. The maximum Gasteiger partial charge on any atom is 0.415 e. The first-order chi connectivity index (χ1) is 15.8. The van der Waals surface area contributed by atoms with E-state index < -0.39 is 22.3 Å². The third-order valence-electron chi connectivity index (χ3n) is 5.67. The number of rotatable bonds is 6. The highest BCUT2D eigenvalue weighted by molar-refractivity contribution is 7.97. The molecular weight excluding hydrogens is 446 g/mol. The molecule has 3 aromatic rings. The van der Waals surface area contributed by atoms with E-state index in [0.717, 1.165) is 29.4 Å². The van der Waals surface area contributed by atoms with Crippen molar-refractivity contribution in [3.8, 4) is 5.75 Å². The molecule has 1 atom stereocenters. The van der Waals surface area contributed by atoms with Gasteiger partial charge in [0.25, 0.3) is 0 Å². The predicted molar refractivity (Wildman–Crippen MR) is 127 cm³/mol. The summed E-state index contributed by atoms with van der Waals surface area (Å²) in [5.74, 6) is 0.325. The highest BCUT2D eigenvalue weighted by atomic mass is 32.3. The lowest BCUT2D eigenvalue weighted by atomic mass is 9.99. The van der Waals surface area contributed by atoms with Crippen molar-refractivity contribution in [1.29, 1.82) is 0 Å². The molecule has 1 saturated heterocycles. The molecule has 2 aromatic carbocycles. The van der Waals surface area contributed by atoms with Crippen molar-refractivity contribution >= 4 is 33.3 Å². The van der Waals surface area contributed by atoms with Crippen LogP contribution in [-0.4, -0.2) is 35.7 Å². The zero-order valence-electron chi connectivity index (χ0n) is 18.4. The molecule has 3 N–H and O–H groups in total. The molecule has 9 nitrogen and oxygen atoms in total. The second-order valence-corrected chi connectivity index (χ2v) is 9.59. The lowest BCUT2D eigenvalue weighted by Crippen LogP contribution is -2.33. The molecule has 1 amide bonds. The molecule has 1 aliphatic heterocycles. The van der Waals surface area contributed by atoms with E-state index in [0.29, 0.717) is 35.7 Å². The zero-order valence-corrected chi connectivity index (χ0v) is 19.2. The molecule has 1 fully saturated rings. The maximum absolute atomic E-state index is 12.8. The van der Waals surface area contributed by atoms with Crippen molar-refractivity contribution in [3.05, 3.63) is 69.6 Å². The Morgan fingerprint density at radius 2 is 1.97 bits per heavy atom. The monoisotopic (exact) mass is 472 g/mol. The molecule has 0 aliphatic carbocycles. The molecule has 0 spiro atoms. The predicted octanol–water partition coefficient (Wildman–Crippen LogP) is 3.72. The molecule has 2 heterocycles. The summed E-state index contributed by atoms with van der Waals surface area (Å²) >= 11 is 0. The van der Waals surface area contributed by atoms with E-state index in [1.54, 1.807) is 41.3 Å². The molecule has 10 heteroatoms. The number of amides is 1. The molecule has 1 aromatic heterocycles. The van der Waals surface area contributed by atoms with E-state index >= 15 is 0 Å². The average molecular weight is 473 g/mol. The van der Waals surface area contributed by atoms with Crippen molar-refractivity contribution in [2.24, 2.45) is 0 Å². The Morgan fingerprint density at radius 1 is 1.21 bits per heavy atom. The summed E-state index contributed by atoms with van der Waals surface area (Å²) in [7, 11) is -2.02. The first-order valence-corrected chi connectivity index (χ1v) is 12.1. The Morgan fingerprint density at radius 3 is 2.70 bits per heavy atom. The molecule has 0 bridgehead atoms. The molecule has 174 valence electrons. The number of anilines is 1. The first kappa shape index (κ1) is 23.0. The van der Waals surface area contributed by atoms with Crippen molar-refractivity contribution in [3.63, 3.8) is 0 Å². The second-order valence-electron chi connectivity index (χ2n) is 7.92. The highest BCUT2D eigenvalue weighted by Crippen LogP contribution is 2.26. The van der Waals surface area contributed by atoms with Crippen LogP contribution in [0.25, 0.3) is 11.0 Å². The van der Waals surface area contributed by atoms with E-state index in [1.807, 2.05) is 13.0 Å². The van der Waals surface area contributed by atoms with Gasteiger partial charge < -0.3 is 14.1 Å². The van der Waals surface area contributed by atoms with Gasteiger partial charge >= 0.3 is 22.3 Å². The number of carbonyl (C=O) groups is 1. The molecule has 4 rings (SSSR count). The fourth-order valence-corrected chi connectivity index (χ4v) is 4.42. The van der Waals surface area contributed by atoms with Gasteiger partial charge in [-0.3, -0.25) is 0 Å². The van der Waals surface area contributed by atoms with Crippen LogP contribution in [0.15, 0.2) is 51.7 Å². The van der Waals surface area contributed by atoms with Gasteiger partial charge in [0.15, 0.2) is 0 Å². The van der Waals surface area contributed by atoms with Crippen molar-refractivity contribution < 1.29 is 22.7 Å². The quantitative estimate of drug-likeness (QED) is 0.371. The van der Waals surface area contributed by atoms with Crippen molar-refractivity contribution in [2.75, 3.05) is 24.9 Å². The average Bonchev–Trinajstić information content (AvgIpc) is 3.32. The number of fused-ring (bicyclic) bond motifs is 1. The summed E-state index contributed by atoms with van der Waals surface area (Å²) in [6.45, 7) is 3.21. The summed E-state index contributed by atoms with van der Waals surface area (Å²) in [5, 5.41) is 0.744. The number of nitrogens with one attached hydrogen (secondary N) is 2. The minimum atomic E-state index is -3.39. The third-order valence-corrected chi connectivity index (χ3v) is 6.73. The van der Waals surface area contributed by atoms with Crippen molar-refractivity contribution in [2.45, 2.75) is 26.2 Å². The van der Waals surface area contributed by atoms with Crippen LogP contribution in [0.4, 0.5) is 10.5 Å². The van der Waals surface area contributed by atoms with Crippen LogP contribution in [0.2, 0.25) is 0 Å². The van der Waals surface area contributed by atoms with Crippen LogP contribution in [0.5, 0.6) is 5.75 Å². The van der Waals surface area contributed by atoms with Gasteiger partial charge in [0.05, 0.1) is 5.69 Å². The molecule has 33 heavy (non-hydrogen) atoms. The summed E-state index contributed by atoms with van der Waals surface area (Å²) in [4.78, 5) is 26.7.